The second-order valence-electron chi connectivity index (χ2n) is 3.89. The molecule has 0 spiro atoms. The molecule has 1 amide bonds. The smallest absolute Gasteiger partial charge is 0.231 e. The first-order valence-corrected chi connectivity index (χ1v) is 5.15. The van der Waals surface area contributed by atoms with Crippen LogP contribution in [0.15, 0.2) is 36.4 Å². The summed E-state index contributed by atoms with van der Waals surface area (Å²) in [6, 6.07) is 5.78. The minimum atomic E-state index is -0.364. The van der Waals surface area contributed by atoms with Gasteiger partial charge in [0.25, 0.3) is 0 Å². The van der Waals surface area contributed by atoms with Gasteiger partial charge in [-0.05, 0) is 24.6 Å². The summed E-state index contributed by atoms with van der Waals surface area (Å²) in [7, 11) is 0. The van der Waals surface area contributed by atoms with E-state index >= 15 is 0 Å². The van der Waals surface area contributed by atoms with E-state index in [9.17, 15) is 9.18 Å². The summed E-state index contributed by atoms with van der Waals surface area (Å²) in [5.41, 5.74) is 6.12. The molecule has 2 unspecified atom stereocenters. The molecule has 3 N–H and O–H groups in total. The Morgan fingerprint density at radius 1 is 1.44 bits per heavy atom. The standard InChI is InChI=1S/C12H13FN2O/c13-9-2-1-3-11(7-9)15-12(16)8-4-5-10(14)6-8/h1-5,7-8,10H,6,14H2,(H,15,16). The first-order chi connectivity index (χ1) is 7.65. The van der Waals surface area contributed by atoms with Crippen LogP contribution in [0.25, 0.3) is 0 Å². The molecule has 0 bridgehead atoms. The number of nitrogens with two attached hydrogens (primary N) is 1. The van der Waals surface area contributed by atoms with E-state index < -0.39 is 0 Å². The molecule has 3 nitrogen and oxygen atoms in total. The summed E-state index contributed by atoms with van der Waals surface area (Å²) >= 11 is 0. The van der Waals surface area contributed by atoms with Crippen molar-refractivity contribution in [2.24, 2.45) is 11.7 Å². The van der Waals surface area contributed by atoms with Crippen LogP contribution in [0.4, 0.5) is 10.1 Å². The average molecular weight is 220 g/mol. The van der Waals surface area contributed by atoms with E-state index in [2.05, 4.69) is 5.32 Å². The van der Waals surface area contributed by atoms with Crippen LogP contribution in [0.5, 0.6) is 0 Å². The van der Waals surface area contributed by atoms with E-state index in [1.165, 1.54) is 12.1 Å². The zero-order valence-electron chi connectivity index (χ0n) is 8.69. The van der Waals surface area contributed by atoms with Gasteiger partial charge in [0.05, 0.1) is 5.92 Å². The summed E-state index contributed by atoms with van der Waals surface area (Å²) in [6.45, 7) is 0. The van der Waals surface area contributed by atoms with Crippen LogP contribution in [0.3, 0.4) is 0 Å². The SMILES string of the molecule is NC1C=CC(C(=O)Nc2cccc(F)c2)C1. The first-order valence-electron chi connectivity index (χ1n) is 5.15. The lowest BCUT2D eigenvalue weighted by atomic mass is 10.1. The maximum Gasteiger partial charge on any atom is 0.231 e. The van der Waals surface area contributed by atoms with Crippen molar-refractivity contribution in [2.45, 2.75) is 12.5 Å². The topological polar surface area (TPSA) is 55.1 Å². The third kappa shape index (κ3) is 2.46. The highest BCUT2D eigenvalue weighted by molar-refractivity contribution is 5.94. The largest absolute Gasteiger partial charge is 0.325 e. The number of nitrogens with one attached hydrogen (secondary N) is 1. The number of hydrogen-bond acceptors (Lipinski definition) is 2. The maximum atomic E-state index is 12.9. The van der Waals surface area contributed by atoms with E-state index in [0.717, 1.165) is 0 Å². The lowest BCUT2D eigenvalue weighted by molar-refractivity contribution is -0.118. The molecule has 0 saturated heterocycles. The summed E-state index contributed by atoms with van der Waals surface area (Å²) in [5.74, 6) is -0.718. The molecule has 1 aromatic rings. The van der Waals surface area contributed by atoms with Crippen molar-refractivity contribution in [2.75, 3.05) is 5.32 Å². The van der Waals surface area contributed by atoms with Gasteiger partial charge in [-0.25, -0.2) is 4.39 Å². The van der Waals surface area contributed by atoms with Crippen molar-refractivity contribution in [3.8, 4) is 0 Å². The highest BCUT2D eigenvalue weighted by Gasteiger charge is 2.22. The number of anilines is 1. The zero-order chi connectivity index (χ0) is 11.5. The fraction of sp³-hybridized carbons (Fsp3) is 0.250. The minimum absolute atomic E-state index is 0.0525. The van der Waals surface area contributed by atoms with E-state index in [-0.39, 0.29) is 23.7 Å². The summed E-state index contributed by atoms with van der Waals surface area (Å²) in [6.07, 6.45) is 4.22. The molecule has 84 valence electrons. The van der Waals surface area contributed by atoms with Crippen LogP contribution in [0.2, 0.25) is 0 Å². The van der Waals surface area contributed by atoms with Crippen molar-refractivity contribution in [1.82, 2.24) is 0 Å². The van der Waals surface area contributed by atoms with Gasteiger partial charge in [-0.15, -0.1) is 0 Å². The number of benzene rings is 1. The van der Waals surface area contributed by atoms with Crippen LogP contribution in [-0.2, 0) is 4.79 Å². The predicted molar refractivity (Wildman–Crippen MR) is 60.3 cm³/mol. The molecule has 1 aliphatic carbocycles. The highest BCUT2D eigenvalue weighted by atomic mass is 19.1. The molecule has 0 aliphatic heterocycles. The molecule has 0 heterocycles. The Labute approximate surface area is 93.1 Å². The lowest BCUT2D eigenvalue weighted by Crippen LogP contribution is -2.23. The zero-order valence-corrected chi connectivity index (χ0v) is 8.69. The monoisotopic (exact) mass is 220 g/mol. The molecule has 0 radical (unpaired) electrons. The summed E-state index contributed by atoms with van der Waals surface area (Å²) in [5, 5.41) is 2.66. The van der Waals surface area contributed by atoms with Crippen molar-refractivity contribution < 1.29 is 9.18 Å². The minimum Gasteiger partial charge on any atom is -0.325 e. The number of halogens is 1. The van der Waals surface area contributed by atoms with Crippen molar-refractivity contribution in [3.63, 3.8) is 0 Å². The molecule has 0 aromatic heterocycles. The Morgan fingerprint density at radius 2 is 2.25 bits per heavy atom. The van der Waals surface area contributed by atoms with Crippen molar-refractivity contribution in [1.29, 1.82) is 0 Å². The van der Waals surface area contributed by atoms with Crippen LogP contribution in [0.1, 0.15) is 6.42 Å². The van der Waals surface area contributed by atoms with Crippen LogP contribution >= 0.6 is 0 Å². The third-order valence-corrected chi connectivity index (χ3v) is 2.55. The number of carbonyl (C=O) groups excluding carboxylic acids is 1. The Balaban J connectivity index is 2.00. The van der Waals surface area contributed by atoms with Gasteiger partial charge < -0.3 is 11.1 Å². The first kappa shape index (κ1) is 10.8. The molecular formula is C12H13FN2O. The van der Waals surface area contributed by atoms with Crippen LogP contribution < -0.4 is 11.1 Å². The normalized spacial score (nSPS) is 23.4. The fourth-order valence-electron chi connectivity index (χ4n) is 1.72. The van der Waals surface area contributed by atoms with Gasteiger partial charge in [0.1, 0.15) is 5.82 Å². The van der Waals surface area contributed by atoms with Crippen LogP contribution in [-0.4, -0.2) is 11.9 Å². The average Bonchev–Trinajstić information content (AvgIpc) is 2.65. The summed E-state index contributed by atoms with van der Waals surface area (Å²) < 4.78 is 12.9. The van der Waals surface area contributed by atoms with Gasteiger partial charge in [-0.3, -0.25) is 4.79 Å². The lowest BCUT2D eigenvalue weighted by Gasteiger charge is -2.10. The molecule has 16 heavy (non-hydrogen) atoms. The van der Waals surface area contributed by atoms with Gasteiger partial charge >= 0.3 is 0 Å². The maximum absolute atomic E-state index is 12.9. The highest BCUT2D eigenvalue weighted by Crippen LogP contribution is 2.19. The Kier molecular flexibility index (Phi) is 3.01. The number of amides is 1. The van der Waals surface area contributed by atoms with Gasteiger partial charge in [0.15, 0.2) is 0 Å². The molecular weight excluding hydrogens is 207 g/mol. The van der Waals surface area contributed by atoms with Crippen LogP contribution in [0, 0.1) is 11.7 Å². The molecule has 0 saturated carbocycles. The molecule has 1 aromatic carbocycles. The number of carbonyl (C=O) groups is 1. The fourth-order valence-corrected chi connectivity index (χ4v) is 1.72. The third-order valence-electron chi connectivity index (χ3n) is 2.55. The number of rotatable bonds is 2. The van der Waals surface area contributed by atoms with E-state index in [0.29, 0.717) is 12.1 Å². The summed E-state index contributed by atoms with van der Waals surface area (Å²) in [4.78, 5) is 11.7. The second kappa shape index (κ2) is 4.45. The molecule has 2 atom stereocenters. The Morgan fingerprint density at radius 3 is 2.88 bits per heavy atom. The van der Waals surface area contributed by atoms with Crippen molar-refractivity contribution >= 4 is 11.6 Å². The quantitative estimate of drug-likeness (QED) is 0.745. The van der Waals surface area contributed by atoms with E-state index in [1.54, 1.807) is 18.2 Å². The van der Waals surface area contributed by atoms with Gasteiger partial charge in [-0.1, -0.05) is 18.2 Å². The van der Waals surface area contributed by atoms with Gasteiger partial charge in [0, 0.05) is 11.7 Å². The van der Waals surface area contributed by atoms with Gasteiger partial charge in [-0.2, -0.15) is 0 Å². The predicted octanol–water partition coefficient (Wildman–Crippen LogP) is 1.67. The molecule has 4 heteroatoms. The van der Waals surface area contributed by atoms with E-state index in [4.69, 9.17) is 5.73 Å². The molecule has 0 fully saturated rings. The van der Waals surface area contributed by atoms with Crippen molar-refractivity contribution in [3.05, 3.63) is 42.2 Å². The Hall–Kier alpha value is -1.68. The second-order valence-corrected chi connectivity index (χ2v) is 3.89. The van der Waals surface area contributed by atoms with Gasteiger partial charge in [0.2, 0.25) is 5.91 Å². The number of hydrogen-bond donors (Lipinski definition) is 2. The van der Waals surface area contributed by atoms with E-state index in [1.807, 2.05) is 6.08 Å². The molecule has 2 rings (SSSR count). The molecule has 1 aliphatic rings. The Bertz CT molecular complexity index is 431.